The molecular formula is C21H31N5O4. The number of piperidine rings is 1. The summed E-state index contributed by atoms with van der Waals surface area (Å²) in [5.74, 6) is 1.63. The highest BCUT2D eigenvalue weighted by Crippen LogP contribution is 2.31. The lowest BCUT2D eigenvalue weighted by Crippen LogP contribution is -2.51. The summed E-state index contributed by atoms with van der Waals surface area (Å²) in [5, 5.41) is 3.17. The second-order valence-corrected chi connectivity index (χ2v) is 8.58. The van der Waals surface area contributed by atoms with Crippen LogP contribution in [0.3, 0.4) is 0 Å². The summed E-state index contributed by atoms with van der Waals surface area (Å²) in [6, 6.07) is 0. The second-order valence-electron chi connectivity index (χ2n) is 8.58. The standard InChI is InChI=1S/C21H31N5O4/c1-29-21(28)18-9-24-19(10-22-18)23-8-17-13-26(20(27)14-30-17)12-16-4-6-25(7-5-16)11-15-2-3-15/h9-10,15-17H,2-8,11-14H2,1H3,(H,23,24). The topological polar surface area (TPSA) is 96.9 Å². The van der Waals surface area contributed by atoms with Crippen LogP contribution in [0.2, 0.25) is 0 Å². The van der Waals surface area contributed by atoms with Gasteiger partial charge in [-0.05, 0) is 50.6 Å². The molecule has 1 atom stereocenters. The molecule has 30 heavy (non-hydrogen) atoms. The van der Waals surface area contributed by atoms with E-state index in [1.807, 2.05) is 4.90 Å². The molecule has 0 aromatic carbocycles. The van der Waals surface area contributed by atoms with Crippen LogP contribution in [-0.2, 0) is 14.3 Å². The lowest BCUT2D eigenvalue weighted by Gasteiger charge is -2.38. The van der Waals surface area contributed by atoms with Crippen LogP contribution in [0.4, 0.5) is 5.82 Å². The maximum Gasteiger partial charge on any atom is 0.358 e. The monoisotopic (exact) mass is 417 g/mol. The number of likely N-dealkylation sites (tertiary alicyclic amines) is 1. The molecule has 0 radical (unpaired) electrons. The molecule has 3 fully saturated rings. The maximum absolute atomic E-state index is 12.3. The average Bonchev–Trinajstić information content (AvgIpc) is 3.59. The van der Waals surface area contributed by atoms with Gasteiger partial charge in [-0.1, -0.05) is 0 Å². The van der Waals surface area contributed by atoms with Crippen molar-refractivity contribution in [2.24, 2.45) is 11.8 Å². The molecule has 1 aromatic rings. The van der Waals surface area contributed by atoms with Crippen molar-refractivity contribution in [1.82, 2.24) is 19.8 Å². The zero-order valence-corrected chi connectivity index (χ0v) is 17.6. The summed E-state index contributed by atoms with van der Waals surface area (Å²) >= 11 is 0. The van der Waals surface area contributed by atoms with E-state index < -0.39 is 5.97 Å². The van der Waals surface area contributed by atoms with Crippen LogP contribution in [0.1, 0.15) is 36.2 Å². The van der Waals surface area contributed by atoms with Gasteiger partial charge in [-0.3, -0.25) is 4.79 Å². The van der Waals surface area contributed by atoms with Crippen molar-refractivity contribution in [3.05, 3.63) is 18.1 Å². The summed E-state index contributed by atoms with van der Waals surface area (Å²) < 4.78 is 10.3. The average molecular weight is 418 g/mol. The SMILES string of the molecule is COC(=O)c1cnc(NCC2CN(CC3CCN(CC4CC4)CC3)C(=O)CO2)cn1. The number of amides is 1. The largest absolute Gasteiger partial charge is 0.464 e. The highest BCUT2D eigenvalue weighted by molar-refractivity contribution is 5.86. The highest BCUT2D eigenvalue weighted by Gasteiger charge is 2.31. The highest BCUT2D eigenvalue weighted by atomic mass is 16.5. The normalized spacial score (nSPS) is 23.4. The van der Waals surface area contributed by atoms with Gasteiger partial charge >= 0.3 is 5.97 Å². The summed E-state index contributed by atoms with van der Waals surface area (Å²) in [7, 11) is 1.31. The van der Waals surface area contributed by atoms with Gasteiger partial charge in [-0.15, -0.1) is 0 Å². The molecule has 1 amide bonds. The molecule has 1 N–H and O–H groups in total. The Balaban J connectivity index is 1.21. The van der Waals surface area contributed by atoms with Crippen molar-refractivity contribution >= 4 is 17.7 Å². The molecule has 4 rings (SSSR count). The molecule has 164 valence electrons. The summed E-state index contributed by atoms with van der Waals surface area (Å²) in [6.07, 6.45) is 7.91. The fourth-order valence-corrected chi connectivity index (χ4v) is 4.16. The molecule has 0 bridgehead atoms. The van der Waals surface area contributed by atoms with Gasteiger partial charge in [0, 0.05) is 26.2 Å². The van der Waals surface area contributed by atoms with E-state index in [4.69, 9.17) is 4.74 Å². The molecule has 1 aliphatic carbocycles. The van der Waals surface area contributed by atoms with E-state index in [-0.39, 0.29) is 24.3 Å². The maximum atomic E-state index is 12.3. The van der Waals surface area contributed by atoms with Crippen LogP contribution in [0.15, 0.2) is 12.4 Å². The Bertz CT molecular complexity index is 731. The van der Waals surface area contributed by atoms with Crippen molar-refractivity contribution < 1.29 is 19.1 Å². The van der Waals surface area contributed by atoms with E-state index >= 15 is 0 Å². The van der Waals surface area contributed by atoms with E-state index in [1.54, 1.807) is 0 Å². The van der Waals surface area contributed by atoms with Crippen molar-refractivity contribution in [3.8, 4) is 0 Å². The van der Waals surface area contributed by atoms with E-state index in [2.05, 4.69) is 24.9 Å². The van der Waals surface area contributed by atoms with Gasteiger partial charge < -0.3 is 24.6 Å². The predicted octanol–water partition coefficient (Wildman–Crippen LogP) is 1.02. The van der Waals surface area contributed by atoms with Gasteiger partial charge in [-0.2, -0.15) is 0 Å². The van der Waals surface area contributed by atoms with E-state index in [0.29, 0.717) is 24.8 Å². The summed E-state index contributed by atoms with van der Waals surface area (Å²) in [6.45, 7) is 5.64. The number of esters is 1. The Morgan fingerprint density at radius 2 is 1.93 bits per heavy atom. The number of nitrogens with one attached hydrogen (secondary N) is 1. The Labute approximate surface area is 177 Å². The van der Waals surface area contributed by atoms with Gasteiger partial charge in [0.2, 0.25) is 5.91 Å². The Hall–Kier alpha value is -2.26. The van der Waals surface area contributed by atoms with E-state index in [1.165, 1.54) is 51.7 Å². The number of methoxy groups -OCH3 is 1. The molecule has 9 nitrogen and oxygen atoms in total. The zero-order chi connectivity index (χ0) is 20.9. The fourth-order valence-electron chi connectivity index (χ4n) is 4.16. The van der Waals surface area contributed by atoms with Crippen molar-refractivity contribution in [1.29, 1.82) is 0 Å². The van der Waals surface area contributed by atoms with Crippen LogP contribution < -0.4 is 5.32 Å². The van der Waals surface area contributed by atoms with Crippen molar-refractivity contribution in [2.45, 2.75) is 31.8 Å². The number of carbonyl (C=O) groups excluding carboxylic acids is 2. The van der Waals surface area contributed by atoms with Gasteiger partial charge in [0.05, 0.1) is 25.6 Å². The minimum atomic E-state index is -0.516. The molecule has 3 aliphatic rings. The number of ether oxygens (including phenoxy) is 2. The molecule has 1 saturated carbocycles. The number of aromatic nitrogens is 2. The van der Waals surface area contributed by atoms with Gasteiger partial charge in [0.25, 0.3) is 0 Å². The second kappa shape index (κ2) is 9.70. The Kier molecular flexibility index (Phi) is 6.79. The molecule has 0 spiro atoms. The third kappa shape index (κ3) is 5.66. The number of hydrogen-bond acceptors (Lipinski definition) is 8. The van der Waals surface area contributed by atoms with E-state index in [0.717, 1.165) is 25.6 Å². The fraction of sp³-hybridized carbons (Fsp3) is 0.714. The number of anilines is 1. The van der Waals surface area contributed by atoms with Crippen LogP contribution >= 0.6 is 0 Å². The smallest absolute Gasteiger partial charge is 0.358 e. The van der Waals surface area contributed by atoms with Gasteiger partial charge in [0.15, 0.2) is 5.69 Å². The quantitative estimate of drug-likeness (QED) is 0.627. The molecule has 1 unspecified atom stereocenters. The van der Waals surface area contributed by atoms with Crippen molar-refractivity contribution in [3.63, 3.8) is 0 Å². The number of nitrogens with zero attached hydrogens (tertiary/aromatic N) is 4. The number of hydrogen-bond donors (Lipinski definition) is 1. The number of carbonyl (C=O) groups is 2. The van der Waals surface area contributed by atoms with Gasteiger partial charge in [0.1, 0.15) is 12.4 Å². The predicted molar refractivity (Wildman–Crippen MR) is 110 cm³/mol. The number of morpholine rings is 1. The zero-order valence-electron chi connectivity index (χ0n) is 17.6. The summed E-state index contributed by atoms with van der Waals surface area (Å²) in [4.78, 5) is 36.5. The molecule has 2 aliphatic heterocycles. The Morgan fingerprint density at radius 1 is 1.17 bits per heavy atom. The Morgan fingerprint density at radius 3 is 2.60 bits per heavy atom. The molecule has 2 saturated heterocycles. The minimum absolute atomic E-state index is 0.0777. The van der Waals surface area contributed by atoms with Crippen LogP contribution in [0.25, 0.3) is 0 Å². The van der Waals surface area contributed by atoms with Crippen molar-refractivity contribution in [2.75, 3.05) is 58.3 Å². The first-order valence-electron chi connectivity index (χ1n) is 10.9. The van der Waals surface area contributed by atoms with Crippen LogP contribution in [-0.4, -0.2) is 90.7 Å². The first kappa shape index (κ1) is 21.0. The molecule has 3 heterocycles. The lowest BCUT2D eigenvalue weighted by atomic mass is 9.95. The molecule has 9 heteroatoms. The third-order valence-corrected chi connectivity index (χ3v) is 6.18. The minimum Gasteiger partial charge on any atom is -0.464 e. The molecular weight excluding hydrogens is 386 g/mol. The third-order valence-electron chi connectivity index (χ3n) is 6.18. The van der Waals surface area contributed by atoms with E-state index in [9.17, 15) is 9.59 Å². The van der Waals surface area contributed by atoms with Gasteiger partial charge in [-0.25, -0.2) is 14.8 Å². The van der Waals surface area contributed by atoms with Crippen LogP contribution in [0, 0.1) is 11.8 Å². The first-order valence-corrected chi connectivity index (χ1v) is 10.9. The lowest BCUT2D eigenvalue weighted by molar-refractivity contribution is -0.149. The first-order chi connectivity index (χ1) is 14.6. The molecule has 1 aromatic heterocycles. The summed E-state index contributed by atoms with van der Waals surface area (Å²) in [5.41, 5.74) is 0.164. The van der Waals surface area contributed by atoms with Crippen LogP contribution in [0.5, 0.6) is 0 Å². The number of rotatable bonds is 8.